The van der Waals surface area contributed by atoms with Crippen molar-refractivity contribution in [2.24, 2.45) is 0 Å². The van der Waals surface area contributed by atoms with E-state index in [1.54, 1.807) is 25.1 Å². The van der Waals surface area contributed by atoms with E-state index in [4.69, 9.17) is 4.74 Å². The Balaban J connectivity index is 2.02. The van der Waals surface area contributed by atoms with Gasteiger partial charge >= 0.3 is 0 Å². The number of hydrogen-bond acceptors (Lipinski definition) is 4. The Labute approximate surface area is 105 Å². The molecule has 0 amide bonds. The van der Waals surface area contributed by atoms with Crippen molar-refractivity contribution in [1.29, 1.82) is 0 Å². The van der Waals surface area contributed by atoms with Crippen LogP contribution in [0.15, 0.2) is 41.7 Å². The van der Waals surface area contributed by atoms with Crippen molar-refractivity contribution in [2.45, 2.75) is 17.8 Å². The van der Waals surface area contributed by atoms with Crippen LogP contribution >= 0.6 is 11.8 Å². The molecule has 0 atom stereocenters. The monoisotopic (exact) mass is 246 g/mol. The van der Waals surface area contributed by atoms with Crippen LogP contribution in [-0.4, -0.2) is 17.1 Å². The first-order valence-electron chi connectivity index (χ1n) is 5.33. The lowest BCUT2D eigenvalue weighted by Gasteiger charge is -2.04. The maximum atomic E-state index is 5.19. The summed E-state index contributed by atoms with van der Waals surface area (Å²) < 4.78 is 5.19. The van der Waals surface area contributed by atoms with Crippen LogP contribution in [0.1, 0.15) is 11.3 Å². The van der Waals surface area contributed by atoms with Crippen molar-refractivity contribution in [3.63, 3.8) is 0 Å². The minimum atomic E-state index is 0.813. The van der Waals surface area contributed by atoms with Gasteiger partial charge in [-0.05, 0) is 30.7 Å². The van der Waals surface area contributed by atoms with E-state index in [-0.39, 0.29) is 0 Å². The lowest BCUT2D eigenvalue weighted by molar-refractivity contribution is 0.414. The van der Waals surface area contributed by atoms with E-state index in [1.807, 2.05) is 31.2 Å². The first-order valence-corrected chi connectivity index (χ1v) is 6.32. The zero-order valence-corrected chi connectivity index (χ0v) is 10.7. The van der Waals surface area contributed by atoms with E-state index in [0.717, 1.165) is 22.4 Å². The van der Waals surface area contributed by atoms with Crippen LogP contribution in [0.3, 0.4) is 0 Å². The highest BCUT2D eigenvalue weighted by molar-refractivity contribution is 7.98. The van der Waals surface area contributed by atoms with Gasteiger partial charge in [0.2, 0.25) is 0 Å². The van der Waals surface area contributed by atoms with Crippen molar-refractivity contribution in [2.75, 3.05) is 7.11 Å². The largest absolute Gasteiger partial charge is 0.497 e. The third-order valence-electron chi connectivity index (χ3n) is 2.27. The molecule has 0 fully saturated rings. The maximum Gasteiger partial charge on any atom is 0.188 e. The van der Waals surface area contributed by atoms with E-state index in [0.29, 0.717) is 0 Å². The lowest BCUT2D eigenvalue weighted by atomic mass is 10.2. The summed E-state index contributed by atoms with van der Waals surface area (Å²) in [5.74, 6) is 1.73. The molecule has 1 aromatic carbocycles. The van der Waals surface area contributed by atoms with Gasteiger partial charge in [-0.3, -0.25) is 0 Å². The van der Waals surface area contributed by atoms with Crippen LogP contribution in [0.4, 0.5) is 0 Å². The van der Waals surface area contributed by atoms with Crippen LogP contribution in [0.25, 0.3) is 0 Å². The van der Waals surface area contributed by atoms with E-state index >= 15 is 0 Å². The highest BCUT2D eigenvalue weighted by Gasteiger charge is 2.00. The van der Waals surface area contributed by atoms with Crippen molar-refractivity contribution >= 4 is 11.8 Å². The summed E-state index contributed by atoms with van der Waals surface area (Å²) in [6, 6.07) is 9.94. The summed E-state index contributed by atoms with van der Waals surface area (Å²) in [5, 5.41) is 0.813. The molecule has 1 heterocycles. The smallest absolute Gasteiger partial charge is 0.188 e. The molecule has 2 aromatic rings. The average molecular weight is 246 g/mol. The predicted octanol–water partition coefficient (Wildman–Crippen LogP) is 3.09. The van der Waals surface area contributed by atoms with Gasteiger partial charge in [0.15, 0.2) is 5.16 Å². The fraction of sp³-hybridized carbons (Fsp3) is 0.231. The molecule has 0 saturated heterocycles. The molecule has 0 bridgehead atoms. The number of aromatic nitrogens is 2. The number of thioether (sulfide) groups is 1. The van der Waals surface area contributed by atoms with Gasteiger partial charge in [-0.2, -0.15) is 0 Å². The van der Waals surface area contributed by atoms with E-state index < -0.39 is 0 Å². The summed E-state index contributed by atoms with van der Waals surface area (Å²) in [7, 11) is 1.68. The average Bonchev–Trinajstić information content (AvgIpc) is 2.37. The third-order valence-corrected chi connectivity index (χ3v) is 3.21. The summed E-state index contributed by atoms with van der Waals surface area (Å²) in [6.45, 7) is 1.97. The minimum absolute atomic E-state index is 0.813. The topological polar surface area (TPSA) is 35.0 Å². The second kappa shape index (κ2) is 5.68. The zero-order chi connectivity index (χ0) is 12.1. The Bertz CT molecular complexity index is 502. The van der Waals surface area contributed by atoms with E-state index in [2.05, 4.69) is 16.0 Å². The molecular formula is C13H14N2OS. The minimum Gasteiger partial charge on any atom is -0.497 e. The van der Waals surface area contributed by atoms with Gasteiger partial charge < -0.3 is 4.74 Å². The highest BCUT2D eigenvalue weighted by Crippen LogP contribution is 2.21. The fourth-order valence-electron chi connectivity index (χ4n) is 1.41. The number of ether oxygens (including phenoxy) is 1. The molecule has 2 rings (SSSR count). The van der Waals surface area contributed by atoms with Crippen molar-refractivity contribution in [3.8, 4) is 5.75 Å². The van der Waals surface area contributed by atoms with Gasteiger partial charge in [0.05, 0.1) is 7.11 Å². The van der Waals surface area contributed by atoms with Gasteiger partial charge in [-0.25, -0.2) is 9.97 Å². The SMILES string of the molecule is COc1cccc(CSc2nccc(C)n2)c1. The van der Waals surface area contributed by atoms with Gasteiger partial charge in [0.1, 0.15) is 5.75 Å². The molecule has 0 aliphatic carbocycles. The quantitative estimate of drug-likeness (QED) is 0.613. The van der Waals surface area contributed by atoms with E-state index in [9.17, 15) is 0 Å². The molecule has 1 aromatic heterocycles. The molecule has 0 aliphatic rings. The van der Waals surface area contributed by atoms with Gasteiger partial charge in [0, 0.05) is 17.6 Å². The summed E-state index contributed by atoms with van der Waals surface area (Å²) in [4.78, 5) is 8.57. The first-order chi connectivity index (χ1) is 8.28. The van der Waals surface area contributed by atoms with Crippen LogP contribution in [0.5, 0.6) is 5.75 Å². The van der Waals surface area contributed by atoms with Crippen LogP contribution in [0, 0.1) is 6.92 Å². The fourth-order valence-corrected chi connectivity index (χ4v) is 2.22. The Morgan fingerprint density at radius 2 is 2.18 bits per heavy atom. The summed E-state index contributed by atoms with van der Waals surface area (Å²) >= 11 is 1.63. The Morgan fingerprint density at radius 3 is 2.94 bits per heavy atom. The highest BCUT2D eigenvalue weighted by atomic mass is 32.2. The summed E-state index contributed by atoms with van der Waals surface area (Å²) in [6.07, 6.45) is 1.79. The molecule has 0 radical (unpaired) electrons. The number of benzene rings is 1. The van der Waals surface area contributed by atoms with Gasteiger partial charge in [0.25, 0.3) is 0 Å². The van der Waals surface area contributed by atoms with Crippen LogP contribution in [0.2, 0.25) is 0 Å². The number of rotatable bonds is 4. The first kappa shape index (κ1) is 11.9. The Kier molecular flexibility index (Phi) is 3.98. The number of nitrogens with zero attached hydrogens (tertiary/aromatic N) is 2. The molecule has 4 heteroatoms. The van der Waals surface area contributed by atoms with E-state index in [1.165, 1.54) is 5.56 Å². The molecule has 0 spiro atoms. The molecule has 0 saturated carbocycles. The molecule has 0 unspecified atom stereocenters. The van der Waals surface area contributed by atoms with Crippen molar-refractivity contribution in [1.82, 2.24) is 9.97 Å². The van der Waals surface area contributed by atoms with Crippen LogP contribution < -0.4 is 4.74 Å². The number of methoxy groups -OCH3 is 1. The predicted molar refractivity (Wildman–Crippen MR) is 69.3 cm³/mol. The van der Waals surface area contributed by atoms with Gasteiger partial charge in [-0.1, -0.05) is 23.9 Å². The molecular weight excluding hydrogens is 232 g/mol. The molecule has 17 heavy (non-hydrogen) atoms. The standard InChI is InChI=1S/C13H14N2OS/c1-10-6-7-14-13(15-10)17-9-11-4-3-5-12(8-11)16-2/h3-8H,9H2,1-2H3. The third kappa shape index (κ3) is 3.46. The molecule has 0 N–H and O–H groups in total. The molecule has 3 nitrogen and oxygen atoms in total. The molecule has 88 valence electrons. The lowest BCUT2D eigenvalue weighted by Crippen LogP contribution is -1.90. The Hall–Kier alpha value is -1.55. The normalized spacial score (nSPS) is 10.2. The number of hydrogen-bond donors (Lipinski definition) is 0. The second-order valence-electron chi connectivity index (χ2n) is 3.62. The number of aryl methyl sites for hydroxylation is 1. The zero-order valence-electron chi connectivity index (χ0n) is 9.88. The van der Waals surface area contributed by atoms with Crippen molar-refractivity contribution < 1.29 is 4.74 Å². The molecule has 0 aliphatic heterocycles. The summed E-state index contributed by atoms with van der Waals surface area (Å²) in [5.41, 5.74) is 2.20. The Morgan fingerprint density at radius 1 is 1.29 bits per heavy atom. The second-order valence-corrected chi connectivity index (χ2v) is 4.56. The van der Waals surface area contributed by atoms with Crippen molar-refractivity contribution in [3.05, 3.63) is 47.8 Å². The van der Waals surface area contributed by atoms with Crippen LogP contribution in [-0.2, 0) is 5.75 Å². The van der Waals surface area contributed by atoms with Gasteiger partial charge in [-0.15, -0.1) is 0 Å². The maximum absolute atomic E-state index is 5.19.